The molecule has 0 saturated heterocycles. The third-order valence-electron chi connectivity index (χ3n) is 3.66. The molecule has 3 aromatic heterocycles. The summed E-state index contributed by atoms with van der Waals surface area (Å²) in [6, 6.07) is 14.5. The predicted octanol–water partition coefficient (Wildman–Crippen LogP) is 5.11. The maximum absolute atomic E-state index is 13.0. The number of hydrogen-bond donors (Lipinski definition) is 0. The van der Waals surface area contributed by atoms with E-state index in [2.05, 4.69) is 9.98 Å². The molecule has 0 spiro atoms. The van der Waals surface area contributed by atoms with Crippen LogP contribution in [0.5, 0.6) is 0 Å². The third-order valence-corrected chi connectivity index (χ3v) is 6.14. The van der Waals surface area contributed by atoms with Crippen molar-refractivity contribution >= 4 is 61.8 Å². The number of rotatable bonds is 3. The van der Waals surface area contributed by atoms with E-state index in [1.54, 1.807) is 35.0 Å². The van der Waals surface area contributed by atoms with Gasteiger partial charge in [0.15, 0.2) is 4.80 Å². The summed E-state index contributed by atoms with van der Waals surface area (Å²) in [7, 11) is 0. The van der Waals surface area contributed by atoms with Gasteiger partial charge in [-0.25, -0.2) is 9.98 Å². The molecule has 0 N–H and O–H groups in total. The van der Waals surface area contributed by atoms with Gasteiger partial charge in [0.25, 0.3) is 5.56 Å². The van der Waals surface area contributed by atoms with Crippen LogP contribution in [0, 0.1) is 0 Å². The van der Waals surface area contributed by atoms with Crippen molar-refractivity contribution in [3.05, 3.63) is 84.1 Å². The third kappa shape index (κ3) is 3.59. The summed E-state index contributed by atoms with van der Waals surface area (Å²) in [5.74, 6) is 0. The average molecular weight is 420 g/mol. The second kappa shape index (κ2) is 7.32. The predicted molar refractivity (Wildman–Crippen MR) is 109 cm³/mol. The highest BCUT2D eigenvalue weighted by Gasteiger charge is 2.10. The fourth-order valence-electron chi connectivity index (χ4n) is 2.45. The fourth-order valence-corrected chi connectivity index (χ4v) is 4.61. The molecule has 26 heavy (non-hydrogen) atoms. The van der Waals surface area contributed by atoms with Crippen molar-refractivity contribution in [2.45, 2.75) is 6.54 Å². The van der Waals surface area contributed by atoms with Crippen molar-refractivity contribution in [3.8, 4) is 0 Å². The zero-order chi connectivity index (χ0) is 18.1. The Morgan fingerprint density at radius 1 is 1.04 bits per heavy atom. The van der Waals surface area contributed by atoms with Gasteiger partial charge in [-0.15, -0.1) is 11.3 Å². The minimum absolute atomic E-state index is 0.121. The first-order valence-electron chi connectivity index (χ1n) is 7.63. The Bertz CT molecular complexity index is 1210. The van der Waals surface area contributed by atoms with Gasteiger partial charge in [-0.1, -0.05) is 34.5 Å². The molecular formula is C18H11Cl2N3OS2. The van der Waals surface area contributed by atoms with Gasteiger partial charge >= 0.3 is 0 Å². The number of hydrogen-bond acceptors (Lipinski definition) is 5. The zero-order valence-electron chi connectivity index (χ0n) is 13.2. The Morgan fingerprint density at radius 2 is 1.85 bits per heavy atom. The molecule has 0 saturated carbocycles. The lowest BCUT2D eigenvalue weighted by atomic mass is 10.3. The summed E-state index contributed by atoms with van der Waals surface area (Å²) in [5, 5.41) is 1.22. The van der Waals surface area contributed by atoms with Crippen molar-refractivity contribution in [1.29, 1.82) is 0 Å². The highest BCUT2D eigenvalue weighted by atomic mass is 35.5. The number of pyridine rings is 1. The molecule has 4 nitrogen and oxygen atoms in total. The van der Waals surface area contributed by atoms with Gasteiger partial charge in [0, 0.05) is 16.1 Å². The van der Waals surface area contributed by atoms with Gasteiger partial charge < -0.3 is 0 Å². The molecule has 0 fully saturated rings. The van der Waals surface area contributed by atoms with E-state index in [-0.39, 0.29) is 5.56 Å². The Balaban J connectivity index is 1.95. The van der Waals surface area contributed by atoms with Crippen LogP contribution in [0.25, 0.3) is 10.2 Å². The molecule has 0 bridgehead atoms. The number of fused-ring (bicyclic) bond motifs is 1. The molecule has 4 rings (SSSR count). The van der Waals surface area contributed by atoms with Crippen LogP contribution in [0.1, 0.15) is 4.88 Å². The summed E-state index contributed by atoms with van der Waals surface area (Å²) in [5.41, 5.74) is 0.599. The number of aromatic nitrogens is 2. The maximum Gasteiger partial charge on any atom is 0.263 e. The average Bonchev–Trinajstić information content (AvgIpc) is 3.05. The highest BCUT2D eigenvalue weighted by molar-refractivity contribution is 7.16. The van der Waals surface area contributed by atoms with Gasteiger partial charge in [0.05, 0.1) is 22.0 Å². The van der Waals surface area contributed by atoms with Crippen LogP contribution in [-0.2, 0) is 6.54 Å². The molecule has 1 aromatic carbocycles. The smallest absolute Gasteiger partial charge is 0.263 e. The first-order chi connectivity index (χ1) is 12.6. The van der Waals surface area contributed by atoms with E-state index >= 15 is 0 Å². The zero-order valence-corrected chi connectivity index (χ0v) is 16.4. The van der Waals surface area contributed by atoms with Gasteiger partial charge in [-0.2, -0.15) is 0 Å². The Kier molecular flexibility index (Phi) is 4.91. The molecule has 0 amide bonds. The molecule has 0 atom stereocenters. The van der Waals surface area contributed by atoms with Gasteiger partial charge in [0.1, 0.15) is 4.83 Å². The summed E-state index contributed by atoms with van der Waals surface area (Å²) in [6.45, 7) is 0.407. The van der Waals surface area contributed by atoms with Crippen molar-refractivity contribution in [2.75, 3.05) is 0 Å². The Labute approximate surface area is 166 Å². The van der Waals surface area contributed by atoms with E-state index in [9.17, 15) is 4.79 Å². The fraction of sp³-hybridized carbons (Fsp3) is 0.0556. The van der Waals surface area contributed by atoms with E-state index in [1.807, 2.05) is 24.3 Å². The maximum atomic E-state index is 13.0. The molecule has 0 unspecified atom stereocenters. The minimum atomic E-state index is -0.121. The van der Waals surface area contributed by atoms with Crippen LogP contribution in [0.4, 0.5) is 5.69 Å². The van der Waals surface area contributed by atoms with Crippen LogP contribution in [0.3, 0.4) is 0 Å². The topological polar surface area (TPSA) is 47.2 Å². The van der Waals surface area contributed by atoms with Crippen LogP contribution >= 0.6 is 45.9 Å². The SMILES string of the molecule is O=c1c2cccnc2sc(=Nc2ccc(Cl)cc2)n1Cc1ccc(Cl)s1. The van der Waals surface area contributed by atoms with Gasteiger partial charge in [-0.3, -0.25) is 9.36 Å². The van der Waals surface area contributed by atoms with Crippen LogP contribution in [0.2, 0.25) is 9.36 Å². The first kappa shape index (κ1) is 17.4. The Morgan fingerprint density at radius 3 is 2.58 bits per heavy atom. The lowest BCUT2D eigenvalue weighted by Crippen LogP contribution is -2.32. The van der Waals surface area contributed by atoms with Crippen LogP contribution in [-0.4, -0.2) is 9.55 Å². The number of halogens is 2. The summed E-state index contributed by atoms with van der Waals surface area (Å²) < 4.78 is 2.35. The van der Waals surface area contributed by atoms with E-state index in [4.69, 9.17) is 23.2 Å². The standard InChI is InChI=1S/C18H11Cl2N3OS2/c19-11-3-5-12(6-4-11)22-18-23(10-13-7-8-15(20)25-13)17(24)14-2-1-9-21-16(14)26-18/h1-9H,10H2. The number of benzene rings is 1. The lowest BCUT2D eigenvalue weighted by Gasteiger charge is -2.06. The van der Waals surface area contributed by atoms with Gasteiger partial charge in [-0.05, 0) is 48.5 Å². The molecular weight excluding hydrogens is 409 g/mol. The van der Waals surface area contributed by atoms with Crippen molar-refractivity contribution in [2.24, 2.45) is 4.99 Å². The molecule has 3 heterocycles. The highest BCUT2D eigenvalue weighted by Crippen LogP contribution is 2.22. The Hall–Kier alpha value is -1.99. The van der Waals surface area contributed by atoms with Gasteiger partial charge in [0.2, 0.25) is 0 Å². The summed E-state index contributed by atoms with van der Waals surface area (Å²) >= 11 is 14.8. The van der Waals surface area contributed by atoms with Crippen molar-refractivity contribution in [1.82, 2.24) is 9.55 Å². The molecule has 8 heteroatoms. The number of nitrogens with zero attached hydrogens (tertiary/aromatic N) is 3. The number of thiophene rings is 1. The van der Waals surface area contributed by atoms with E-state index in [0.717, 1.165) is 10.6 Å². The summed E-state index contributed by atoms with van der Waals surface area (Å²) in [4.78, 5) is 24.2. The lowest BCUT2D eigenvalue weighted by molar-refractivity contribution is 0.748. The van der Waals surface area contributed by atoms with E-state index in [1.165, 1.54) is 22.7 Å². The normalized spacial score (nSPS) is 12.0. The molecule has 0 aliphatic rings. The van der Waals surface area contributed by atoms with E-state index in [0.29, 0.717) is 30.9 Å². The largest absolute Gasteiger partial charge is 0.279 e. The minimum Gasteiger partial charge on any atom is -0.279 e. The monoisotopic (exact) mass is 419 g/mol. The van der Waals surface area contributed by atoms with Crippen molar-refractivity contribution in [3.63, 3.8) is 0 Å². The second-order valence-corrected chi connectivity index (χ2v) is 8.62. The molecule has 130 valence electrons. The molecule has 0 aliphatic heterocycles. The molecule has 4 aromatic rings. The van der Waals surface area contributed by atoms with Crippen LogP contribution in [0.15, 0.2) is 64.5 Å². The van der Waals surface area contributed by atoms with E-state index < -0.39 is 0 Å². The molecule has 0 aliphatic carbocycles. The van der Waals surface area contributed by atoms with Crippen molar-refractivity contribution < 1.29 is 0 Å². The first-order valence-corrected chi connectivity index (χ1v) is 10.0. The second-order valence-electron chi connectivity index (χ2n) is 5.43. The van der Waals surface area contributed by atoms with Crippen LogP contribution < -0.4 is 10.4 Å². The summed E-state index contributed by atoms with van der Waals surface area (Å²) in [6.07, 6.45) is 1.67. The quantitative estimate of drug-likeness (QED) is 0.463. The molecule has 0 radical (unpaired) electrons.